The third-order valence-corrected chi connectivity index (χ3v) is 5.47. The summed E-state index contributed by atoms with van der Waals surface area (Å²) in [7, 11) is -2.10. The molecule has 1 atom stereocenters. The van der Waals surface area contributed by atoms with Gasteiger partial charge in [-0.3, -0.25) is 4.79 Å². The topological polar surface area (TPSA) is 75.7 Å². The number of nitrogens with zero attached hydrogens (tertiary/aromatic N) is 1. The molecule has 0 spiro atoms. The predicted molar refractivity (Wildman–Crippen MR) is 103 cm³/mol. The van der Waals surface area contributed by atoms with Gasteiger partial charge in [0.15, 0.2) is 0 Å². The van der Waals surface area contributed by atoms with Crippen LogP contribution in [0.4, 0.5) is 5.69 Å². The summed E-state index contributed by atoms with van der Waals surface area (Å²) in [6.07, 6.45) is 1.09. The van der Waals surface area contributed by atoms with Gasteiger partial charge >= 0.3 is 0 Å². The van der Waals surface area contributed by atoms with Crippen LogP contribution in [-0.4, -0.2) is 38.5 Å². The normalized spacial score (nSPS) is 12.7. The molecule has 2 aromatic carbocycles. The molecule has 0 heterocycles. The molecule has 0 fully saturated rings. The minimum atomic E-state index is -3.59. The fourth-order valence-corrected chi connectivity index (χ4v) is 3.83. The number of hydrogen-bond acceptors (Lipinski definition) is 4. The molecule has 0 aliphatic carbocycles. The van der Waals surface area contributed by atoms with Gasteiger partial charge in [0.25, 0.3) is 0 Å². The zero-order valence-corrected chi connectivity index (χ0v) is 16.3. The molecular formula is C18H21ClN2O4S. The maximum Gasteiger partial charge on any atom is 0.239 e. The third-order valence-electron chi connectivity index (χ3n) is 3.87. The molecule has 26 heavy (non-hydrogen) atoms. The van der Waals surface area contributed by atoms with Crippen molar-refractivity contribution in [2.24, 2.45) is 0 Å². The van der Waals surface area contributed by atoms with Crippen LogP contribution in [0.2, 0.25) is 5.02 Å². The number of nitrogens with one attached hydrogen (secondary N) is 1. The highest BCUT2D eigenvalue weighted by molar-refractivity contribution is 7.88. The molecule has 1 unspecified atom stereocenters. The van der Waals surface area contributed by atoms with E-state index in [0.29, 0.717) is 16.5 Å². The Kier molecular flexibility index (Phi) is 6.63. The first kappa shape index (κ1) is 20.2. The van der Waals surface area contributed by atoms with Crippen LogP contribution in [0.25, 0.3) is 0 Å². The number of carbonyl (C=O) groups excluding carboxylic acids is 1. The average Bonchev–Trinajstić information content (AvgIpc) is 2.59. The SMILES string of the molecule is COc1ccc(NC(=O)CN(C(C)c2ccccc2)S(C)(=O)=O)cc1Cl. The van der Waals surface area contributed by atoms with Gasteiger partial charge in [-0.2, -0.15) is 4.31 Å². The molecule has 2 aromatic rings. The maximum absolute atomic E-state index is 12.4. The van der Waals surface area contributed by atoms with Crippen molar-refractivity contribution in [2.75, 3.05) is 25.2 Å². The number of benzene rings is 2. The Hall–Kier alpha value is -2.09. The van der Waals surface area contributed by atoms with E-state index >= 15 is 0 Å². The van der Waals surface area contributed by atoms with Crippen LogP contribution in [0.1, 0.15) is 18.5 Å². The van der Waals surface area contributed by atoms with E-state index in [9.17, 15) is 13.2 Å². The lowest BCUT2D eigenvalue weighted by Gasteiger charge is -2.26. The van der Waals surface area contributed by atoms with Crippen molar-refractivity contribution < 1.29 is 17.9 Å². The second kappa shape index (κ2) is 8.53. The summed E-state index contributed by atoms with van der Waals surface area (Å²) in [6.45, 7) is 1.44. The Morgan fingerprint density at radius 3 is 2.42 bits per heavy atom. The van der Waals surface area contributed by atoms with E-state index in [1.165, 1.54) is 7.11 Å². The number of ether oxygens (including phenoxy) is 1. The van der Waals surface area contributed by atoms with Gasteiger partial charge in [-0.05, 0) is 30.7 Å². The Morgan fingerprint density at radius 1 is 1.23 bits per heavy atom. The third kappa shape index (κ3) is 5.20. The van der Waals surface area contributed by atoms with Gasteiger partial charge in [0, 0.05) is 11.7 Å². The second-order valence-corrected chi connectivity index (χ2v) is 8.13. The number of halogens is 1. The van der Waals surface area contributed by atoms with Crippen LogP contribution in [0.5, 0.6) is 5.75 Å². The number of carbonyl (C=O) groups is 1. The molecule has 0 radical (unpaired) electrons. The van der Waals surface area contributed by atoms with E-state index < -0.39 is 22.0 Å². The number of sulfonamides is 1. The van der Waals surface area contributed by atoms with Crippen molar-refractivity contribution in [1.82, 2.24) is 4.31 Å². The first-order valence-electron chi connectivity index (χ1n) is 7.87. The number of methoxy groups -OCH3 is 1. The van der Waals surface area contributed by atoms with Crippen LogP contribution in [0, 0.1) is 0 Å². The molecule has 0 saturated heterocycles. The lowest BCUT2D eigenvalue weighted by atomic mass is 10.1. The fourth-order valence-electron chi connectivity index (χ4n) is 2.53. The van der Waals surface area contributed by atoms with Gasteiger partial charge in [-0.1, -0.05) is 41.9 Å². The Bertz CT molecular complexity index is 872. The van der Waals surface area contributed by atoms with Crippen LogP contribution in [0.3, 0.4) is 0 Å². The standard InChI is InChI=1S/C18H21ClN2O4S/c1-13(14-7-5-4-6-8-14)21(26(3,23)24)12-18(22)20-15-9-10-17(25-2)16(19)11-15/h4-11,13H,12H2,1-3H3,(H,20,22). The van der Waals surface area contributed by atoms with E-state index in [0.717, 1.165) is 16.1 Å². The first-order chi connectivity index (χ1) is 12.2. The fraction of sp³-hybridized carbons (Fsp3) is 0.278. The van der Waals surface area contributed by atoms with E-state index in [4.69, 9.17) is 16.3 Å². The summed E-state index contributed by atoms with van der Waals surface area (Å²) in [4.78, 5) is 12.4. The van der Waals surface area contributed by atoms with E-state index in [-0.39, 0.29) is 6.54 Å². The van der Waals surface area contributed by atoms with E-state index in [1.54, 1.807) is 25.1 Å². The molecule has 6 nitrogen and oxygen atoms in total. The van der Waals surface area contributed by atoms with Gasteiger partial charge in [0.05, 0.1) is 24.9 Å². The molecule has 8 heteroatoms. The molecule has 0 saturated carbocycles. The Morgan fingerprint density at radius 2 is 1.88 bits per heavy atom. The Balaban J connectivity index is 2.16. The number of hydrogen-bond donors (Lipinski definition) is 1. The zero-order valence-electron chi connectivity index (χ0n) is 14.8. The highest BCUT2D eigenvalue weighted by Crippen LogP contribution is 2.27. The lowest BCUT2D eigenvalue weighted by molar-refractivity contribution is -0.116. The molecule has 0 bridgehead atoms. The number of rotatable bonds is 7. The minimum Gasteiger partial charge on any atom is -0.495 e. The van der Waals surface area contributed by atoms with E-state index in [2.05, 4.69) is 5.32 Å². The van der Waals surface area contributed by atoms with Crippen LogP contribution < -0.4 is 10.1 Å². The van der Waals surface area contributed by atoms with Crippen molar-refractivity contribution in [2.45, 2.75) is 13.0 Å². The lowest BCUT2D eigenvalue weighted by Crippen LogP contribution is -2.39. The van der Waals surface area contributed by atoms with Crippen LogP contribution >= 0.6 is 11.6 Å². The molecule has 1 amide bonds. The highest BCUT2D eigenvalue weighted by atomic mass is 35.5. The monoisotopic (exact) mass is 396 g/mol. The molecular weight excluding hydrogens is 376 g/mol. The largest absolute Gasteiger partial charge is 0.495 e. The van der Waals surface area contributed by atoms with Crippen molar-refractivity contribution in [3.8, 4) is 5.75 Å². The Labute approximate surface area is 158 Å². The number of amides is 1. The maximum atomic E-state index is 12.4. The average molecular weight is 397 g/mol. The smallest absolute Gasteiger partial charge is 0.239 e. The minimum absolute atomic E-state index is 0.307. The summed E-state index contributed by atoms with van der Waals surface area (Å²) in [5.74, 6) is 0.0274. The van der Waals surface area contributed by atoms with Crippen LogP contribution in [-0.2, 0) is 14.8 Å². The van der Waals surface area contributed by atoms with Crippen LogP contribution in [0.15, 0.2) is 48.5 Å². The number of anilines is 1. The molecule has 1 N–H and O–H groups in total. The van der Waals surface area contributed by atoms with Gasteiger partial charge < -0.3 is 10.1 Å². The van der Waals surface area contributed by atoms with Gasteiger partial charge in [0.2, 0.25) is 15.9 Å². The zero-order chi connectivity index (χ0) is 19.3. The van der Waals surface area contributed by atoms with Crippen molar-refractivity contribution >= 4 is 33.2 Å². The quantitative estimate of drug-likeness (QED) is 0.779. The van der Waals surface area contributed by atoms with Gasteiger partial charge in [-0.25, -0.2) is 8.42 Å². The van der Waals surface area contributed by atoms with Crippen molar-refractivity contribution in [3.05, 3.63) is 59.1 Å². The summed E-state index contributed by atoms with van der Waals surface area (Å²) < 4.78 is 30.6. The first-order valence-corrected chi connectivity index (χ1v) is 10.1. The van der Waals surface area contributed by atoms with Gasteiger partial charge in [0.1, 0.15) is 5.75 Å². The summed E-state index contributed by atoms with van der Waals surface area (Å²) in [5.41, 5.74) is 1.26. The second-order valence-electron chi connectivity index (χ2n) is 5.79. The van der Waals surface area contributed by atoms with Gasteiger partial charge in [-0.15, -0.1) is 0 Å². The van der Waals surface area contributed by atoms with Crippen molar-refractivity contribution in [3.63, 3.8) is 0 Å². The predicted octanol–water partition coefficient (Wildman–Crippen LogP) is 3.31. The molecule has 140 valence electrons. The molecule has 0 aliphatic rings. The highest BCUT2D eigenvalue weighted by Gasteiger charge is 2.27. The summed E-state index contributed by atoms with van der Waals surface area (Å²) >= 11 is 6.04. The molecule has 0 aromatic heterocycles. The summed E-state index contributed by atoms with van der Waals surface area (Å²) in [6, 6.07) is 13.5. The van der Waals surface area contributed by atoms with E-state index in [1.807, 2.05) is 30.3 Å². The molecule has 2 rings (SSSR count). The summed E-state index contributed by atoms with van der Waals surface area (Å²) in [5, 5.41) is 3.01. The van der Waals surface area contributed by atoms with Crippen molar-refractivity contribution in [1.29, 1.82) is 0 Å². The molecule has 0 aliphatic heterocycles.